The van der Waals surface area contributed by atoms with Crippen molar-refractivity contribution in [2.45, 2.75) is 38.6 Å². The molecule has 2 aliphatic carbocycles. The molecule has 2 fully saturated rings. The number of Topliss-reactive ketones (excluding diaryl/α,β-unsaturated/α-hetero) is 1. The van der Waals surface area contributed by atoms with E-state index in [1.54, 1.807) is 17.0 Å². The minimum Gasteiger partial charge on any atom is -0.455 e. The monoisotopic (exact) mass is 522 g/mol. The van der Waals surface area contributed by atoms with Gasteiger partial charge in [-0.05, 0) is 43.4 Å². The van der Waals surface area contributed by atoms with Crippen molar-refractivity contribution in [1.82, 2.24) is 4.98 Å². The van der Waals surface area contributed by atoms with Crippen LogP contribution >= 0.6 is 22.9 Å². The number of fused-ring (bicyclic) bond motifs is 2. The molecule has 5 rings (SSSR count). The fourth-order valence-corrected chi connectivity index (χ4v) is 6.15. The quantitative estimate of drug-likeness (QED) is 0.359. The molecule has 0 N–H and O–H groups in total. The van der Waals surface area contributed by atoms with Crippen molar-refractivity contribution in [2.24, 2.45) is 17.8 Å². The number of benzene rings is 2. The molecule has 8 heteroatoms. The first-order valence-electron chi connectivity index (χ1n) is 12.2. The summed E-state index contributed by atoms with van der Waals surface area (Å²) in [4.78, 5) is 44.8. The van der Waals surface area contributed by atoms with Gasteiger partial charge in [0.05, 0.1) is 18.2 Å². The van der Waals surface area contributed by atoms with Gasteiger partial charge in [0.1, 0.15) is 5.78 Å². The first-order valence-corrected chi connectivity index (χ1v) is 13.5. The van der Waals surface area contributed by atoms with E-state index in [-0.39, 0.29) is 36.2 Å². The van der Waals surface area contributed by atoms with Crippen LogP contribution in [0.5, 0.6) is 0 Å². The summed E-state index contributed by atoms with van der Waals surface area (Å²) in [5.41, 5.74) is 2.59. The van der Waals surface area contributed by atoms with E-state index >= 15 is 0 Å². The van der Waals surface area contributed by atoms with Gasteiger partial charge in [0.15, 0.2) is 11.7 Å². The minimum atomic E-state index is -0.381. The van der Waals surface area contributed by atoms with Crippen LogP contribution < -0.4 is 4.90 Å². The maximum Gasteiger partial charge on any atom is 0.309 e. The van der Waals surface area contributed by atoms with Gasteiger partial charge in [-0.1, -0.05) is 60.5 Å². The Morgan fingerprint density at radius 2 is 1.72 bits per heavy atom. The zero-order valence-electron chi connectivity index (χ0n) is 19.8. The minimum absolute atomic E-state index is 0.0399. The van der Waals surface area contributed by atoms with Crippen LogP contribution in [0.15, 0.2) is 60.0 Å². The van der Waals surface area contributed by atoms with Crippen LogP contribution in [0.1, 0.15) is 37.7 Å². The number of carbonyl (C=O) groups excluding carboxylic acids is 3. The molecule has 2 bridgehead atoms. The van der Waals surface area contributed by atoms with E-state index in [1.165, 1.54) is 11.3 Å². The van der Waals surface area contributed by atoms with Gasteiger partial charge in [-0.25, -0.2) is 4.98 Å². The lowest BCUT2D eigenvalue weighted by molar-refractivity contribution is -0.156. The van der Waals surface area contributed by atoms with Crippen LogP contribution in [0.25, 0.3) is 11.3 Å². The van der Waals surface area contributed by atoms with Crippen molar-refractivity contribution in [3.05, 3.63) is 70.6 Å². The largest absolute Gasteiger partial charge is 0.455 e. The Bertz CT molecular complexity index is 1230. The highest BCUT2D eigenvalue weighted by Crippen LogP contribution is 2.40. The molecule has 0 aliphatic heterocycles. The Morgan fingerprint density at radius 3 is 2.42 bits per heavy atom. The summed E-state index contributed by atoms with van der Waals surface area (Å²) in [5, 5.41) is 3.07. The molecule has 0 saturated heterocycles. The topological polar surface area (TPSA) is 76.6 Å². The molecule has 6 nitrogen and oxygen atoms in total. The van der Waals surface area contributed by atoms with E-state index < -0.39 is 0 Å². The number of rotatable bonds is 7. The summed E-state index contributed by atoms with van der Waals surface area (Å²) in [7, 11) is 0. The van der Waals surface area contributed by atoms with Crippen LogP contribution in [-0.2, 0) is 25.7 Å². The molecule has 0 spiro atoms. The average Bonchev–Trinajstić information content (AvgIpc) is 3.36. The van der Waals surface area contributed by atoms with Crippen LogP contribution in [0, 0.1) is 17.8 Å². The lowest BCUT2D eigenvalue weighted by Crippen LogP contribution is -2.40. The van der Waals surface area contributed by atoms with Gasteiger partial charge in [-0.15, -0.1) is 11.3 Å². The summed E-state index contributed by atoms with van der Waals surface area (Å²) < 4.78 is 5.51. The predicted molar refractivity (Wildman–Crippen MR) is 140 cm³/mol. The van der Waals surface area contributed by atoms with Crippen molar-refractivity contribution in [1.29, 1.82) is 0 Å². The maximum absolute atomic E-state index is 13.3. The fourth-order valence-electron chi connectivity index (χ4n) is 5.17. The molecule has 2 aromatic carbocycles. The van der Waals surface area contributed by atoms with Crippen molar-refractivity contribution < 1.29 is 19.1 Å². The Labute approximate surface area is 219 Å². The number of aromatic nitrogens is 1. The lowest BCUT2D eigenvalue weighted by Gasteiger charge is -2.36. The Hall–Kier alpha value is -3.03. The SMILES string of the molecule is O=C(OCC(=O)N(Cc1ccccc1)c1nc(-c2ccc(Cl)cc2)cs1)C1C[C@H]2CCC[C@H](C1)C2=O. The number of ketones is 1. The molecule has 1 heterocycles. The Kier molecular flexibility index (Phi) is 7.48. The van der Waals surface area contributed by atoms with Crippen molar-refractivity contribution in [3.63, 3.8) is 0 Å². The molecular weight excluding hydrogens is 496 g/mol. The standard InChI is InChI=1S/C28H27ClN2O4S/c29-23-11-9-19(10-12-23)24-17-36-28(30-24)31(15-18-5-2-1-3-6-18)25(32)16-35-27(34)22-13-20-7-4-8-21(14-22)26(20)33/h1-3,5-6,9-12,17,20-22H,4,7-8,13-16H2/t20-,21-/m1/s1. The smallest absolute Gasteiger partial charge is 0.309 e. The van der Waals surface area contributed by atoms with Gasteiger partial charge in [-0.3, -0.25) is 19.3 Å². The number of carbonyl (C=O) groups is 3. The molecule has 1 amide bonds. The van der Waals surface area contributed by atoms with Crippen molar-refractivity contribution in [3.8, 4) is 11.3 Å². The van der Waals surface area contributed by atoms with E-state index in [0.29, 0.717) is 35.3 Å². The highest BCUT2D eigenvalue weighted by atomic mass is 35.5. The van der Waals surface area contributed by atoms with E-state index in [1.807, 2.05) is 47.8 Å². The number of esters is 1. The summed E-state index contributed by atoms with van der Waals surface area (Å²) in [6, 6.07) is 17.0. The Balaban J connectivity index is 1.29. The molecule has 2 atom stereocenters. The molecule has 36 heavy (non-hydrogen) atoms. The van der Waals surface area contributed by atoms with Gasteiger partial charge in [-0.2, -0.15) is 0 Å². The van der Waals surface area contributed by atoms with Gasteiger partial charge >= 0.3 is 5.97 Å². The molecule has 2 saturated carbocycles. The number of thiazole rings is 1. The van der Waals surface area contributed by atoms with Gasteiger partial charge in [0, 0.05) is 27.8 Å². The zero-order valence-corrected chi connectivity index (χ0v) is 21.3. The predicted octanol–water partition coefficient (Wildman–Crippen LogP) is 5.94. The van der Waals surface area contributed by atoms with Crippen LogP contribution in [-0.4, -0.2) is 29.3 Å². The first-order chi connectivity index (χ1) is 17.5. The normalized spacial score (nSPS) is 21.1. The van der Waals surface area contributed by atoms with Crippen LogP contribution in [0.2, 0.25) is 5.02 Å². The summed E-state index contributed by atoms with van der Waals surface area (Å²) in [6.07, 6.45) is 3.81. The zero-order chi connectivity index (χ0) is 25.1. The molecule has 2 aliphatic rings. The second kappa shape index (κ2) is 10.9. The van der Waals surface area contributed by atoms with E-state index in [0.717, 1.165) is 36.1 Å². The van der Waals surface area contributed by atoms with Crippen molar-refractivity contribution >= 4 is 45.7 Å². The van der Waals surface area contributed by atoms with Crippen LogP contribution in [0.4, 0.5) is 5.13 Å². The van der Waals surface area contributed by atoms with E-state index in [2.05, 4.69) is 0 Å². The lowest BCUT2D eigenvalue weighted by atomic mass is 9.67. The number of ether oxygens (including phenoxy) is 1. The Morgan fingerprint density at radius 1 is 1.03 bits per heavy atom. The number of anilines is 1. The summed E-state index contributed by atoms with van der Waals surface area (Å²) in [6.45, 7) is -0.0474. The number of halogens is 1. The van der Waals surface area contributed by atoms with Crippen LogP contribution in [0.3, 0.4) is 0 Å². The molecule has 0 unspecified atom stereocenters. The third-order valence-corrected chi connectivity index (χ3v) is 8.18. The highest BCUT2D eigenvalue weighted by molar-refractivity contribution is 7.14. The molecule has 0 radical (unpaired) electrons. The molecule has 1 aromatic heterocycles. The number of amides is 1. The maximum atomic E-state index is 13.3. The third kappa shape index (κ3) is 5.52. The molecular formula is C28H27ClN2O4S. The second-order valence-electron chi connectivity index (χ2n) is 9.49. The third-order valence-electron chi connectivity index (χ3n) is 7.07. The molecule has 3 aromatic rings. The fraction of sp³-hybridized carbons (Fsp3) is 0.357. The van der Waals surface area contributed by atoms with Gasteiger partial charge in [0.25, 0.3) is 5.91 Å². The number of nitrogens with zero attached hydrogens (tertiary/aromatic N) is 2. The second-order valence-corrected chi connectivity index (χ2v) is 10.8. The van der Waals surface area contributed by atoms with E-state index in [9.17, 15) is 14.4 Å². The number of hydrogen-bond donors (Lipinski definition) is 0. The van der Waals surface area contributed by atoms with Gasteiger partial charge in [0.2, 0.25) is 0 Å². The number of hydrogen-bond acceptors (Lipinski definition) is 6. The van der Waals surface area contributed by atoms with Crippen molar-refractivity contribution in [2.75, 3.05) is 11.5 Å². The summed E-state index contributed by atoms with van der Waals surface area (Å²) in [5.74, 6) is -0.811. The van der Waals surface area contributed by atoms with Gasteiger partial charge < -0.3 is 4.74 Å². The highest BCUT2D eigenvalue weighted by Gasteiger charge is 2.42. The van der Waals surface area contributed by atoms with E-state index in [4.69, 9.17) is 21.3 Å². The first kappa shape index (κ1) is 24.7. The summed E-state index contributed by atoms with van der Waals surface area (Å²) >= 11 is 7.37. The molecule has 186 valence electrons. The average molecular weight is 523 g/mol.